The SMILES string of the molecule is CCn1c2ccc(C=O)cc2c2cc(C=O)ccc21. The van der Waals surface area contributed by atoms with Crippen LogP contribution in [0.2, 0.25) is 0 Å². The Balaban J connectivity index is 2.50. The molecule has 0 saturated heterocycles. The number of aryl methyl sites for hydroxylation is 1. The highest BCUT2D eigenvalue weighted by Gasteiger charge is 2.10. The van der Waals surface area contributed by atoms with Crippen molar-refractivity contribution in [3.05, 3.63) is 47.5 Å². The Hall–Kier alpha value is -2.42. The second-order valence-electron chi connectivity index (χ2n) is 4.53. The van der Waals surface area contributed by atoms with Crippen molar-refractivity contribution in [1.29, 1.82) is 0 Å². The molecule has 2 aromatic carbocycles. The fraction of sp³-hybridized carbons (Fsp3) is 0.125. The molecule has 0 aliphatic carbocycles. The average Bonchev–Trinajstić information content (AvgIpc) is 2.79. The van der Waals surface area contributed by atoms with Crippen molar-refractivity contribution in [2.24, 2.45) is 0 Å². The number of aldehydes is 2. The molecule has 1 heterocycles. The summed E-state index contributed by atoms with van der Waals surface area (Å²) in [6.45, 7) is 2.93. The molecule has 0 amide bonds. The summed E-state index contributed by atoms with van der Waals surface area (Å²) < 4.78 is 2.19. The van der Waals surface area contributed by atoms with Gasteiger partial charge in [0.15, 0.2) is 0 Å². The Kier molecular flexibility index (Phi) is 2.67. The lowest BCUT2D eigenvalue weighted by molar-refractivity contribution is 0.111. The summed E-state index contributed by atoms with van der Waals surface area (Å²) in [7, 11) is 0. The zero-order valence-corrected chi connectivity index (χ0v) is 10.6. The topological polar surface area (TPSA) is 39.1 Å². The minimum atomic E-state index is 0.652. The van der Waals surface area contributed by atoms with Crippen molar-refractivity contribution in [2.75, 3.05) is 0 Å². The van der Waals surface area contributed by atoms with E-state index in [1.54, 1.807) is 0 Å². The Bertz CT molecular complexity index is 734. The second-order valence-corrected chi connectivity index (χ2v) is 4.53. The Morgan fingerprint density at radius 2 is 1.37 bits per heavy atom. The van der Waals surface area contributed by atoms with E-state index >= 15 is 0 Å². The van der Waals surface area contributed by atoms with Crippen LogP contribution in [-0.4, -0.2) is 17.1 Å². The van der Waals surface area contributed by atoms with Crippen LogP contribution in [0.15, 0.2) is 36.4 Å². The predicted molar refractivity (Wildman–Crippen MR) is 75.9 cm³/mol. The number of nitrogens with zero attached hydrogens (tertiary/aromatic N) is 1. The zero-order chi connectivity index (χ0) is 13.4. The van der Waals surface area contributed by atoms with Gasteiger partial charge in [0.25, 0.3) is 0 Å². The van der Waals surface area contributed by atoms with Crippen LogP contribution in [0.1, 0.15) is 27.6 Å². The van der Waals surface area contributed by atoms with E-state index in [2.05, 4.69) is 11.5 Å². The van der Waals surface area contributed by atoms with Crippen molar-refractivity contribution < 1.29 is 9.59 Å². The molecule has 0 atom stereocenters. The standard InChI is InChI=1S/C16H13NO2/c1-2-17-15-5-3-11(9-18)7-13(15)14-8-12(10-19)4-6-16(14)17/h3-10H,2H2,1H3. The normalized spacial score (nSPS) is 11.0. The van der Waals surface area contributed by atoms with Crippen LogP contribution in [0.5, 0.6) is 0 Å². The van der Waals surface area contributed by atoms with E-state index in [4.69, 9.17) is 0 Å². The van der Waals surface area contributed by atoms with Crippen LogP contribution >= 0.6 is 0 Å². The summed E-state index contributed by atoms with van der Waals surface area (Å²) >= 11 is 0. The fourth-order valence-electron chi connectivity index (χ4n) is 2.63. The number of aromatic nitrogens is 1. The summed E-state index contributed by atoms with van der Waals surface area (Å²) in [5, 5.41) is 2.04. The van der Waals surface area contributed by atoms with Crippen molar-refractivity contribution in [1.82, 2.24) is 4.57 Å². The first-order valence-corrected chi connectivity index (χ1v) is 6.25. The molecule has 3 heteroatoms. The summed E-state index contributed by atoms with van der Waals surface area (Å²) in [5.41, 5.74) is 3.48. The van der Waals surface area contributed by atoms with Gasteiger partial charge in [0.05, 0.1) is 0 Å². The Morgan fingerprint density at radius 3 is 1.74 bits per heavy atom. The molecule has 19 heavy (non-hydrogen) atoms. The molecular weight excluding hydrogens is 238 g/mol. The van der Waals surface area contributed by atoms with E-state index in [1.165, 1.54) is 0 Å². The van der Waals surface area contributed by atoms with Gasteiger partial charge in [-0.15, -0.1) is 0 Å². The van der Waals surface area contributed by atoms with E-state index in [0.29, 0.717) is 11.1 Å². The highest BCUT2D eigenvalue weighted by Crippen LogP contribution is 2.30. The molecule has 0 saturated carbocycles. The van der Waals surface area contributed by atoms with Crippen LogP contribution in [0.25, 0.3) is 21.8 Å². The number of rotatable bonds is 3. The molecule has 1 aromatic heterocycles. The van der Waals surface area contributed by atoms with Crippen molar-refractivity contribution >= 4 is 34.4 Å². The summed E-state index contributed by atoms with van der Waals surface area (Å²) in [6.07, 6.45) is 1.69. The molecule has 0 unspecified atom stereocenters. The van der Waals surface area contributed by atoms with Gasteiger partial charge in [0.2, 0.25) is 0 Å². The number of fused-ring (bicyclic) bond motifs is 3. The zero-order valence-electron chi connectivity index (χ0n) is 10.6. The Labute approximate surface area is 110 Å². The van der Waals surface area contributed by atoms with Crippen LogP contribution in [0, 0.1) is 0 Å². The van der Waals surface area contributed by atoms with E-state index in [0.717, 1.165) is 40.9 Å². The lowest BCUT2D eigenvalue weighted by atomic mass is 10.1. The van der Waals surface area contributed by atoms with Gasteiger partial charge in [-0.25, -0.2) is 0 Å². The average molecular weight is 251 g/mol. The molecule has 0 bridgehead atoms. The van der Waals surface area contributed by atoms with Gasteiger partial charge in [-0.2, -0.15) is 0 Å². The third-order valence-electron chi connectivity index (χ3n) is 3.50. The summed E-state index contributed by atoms with van der Waals surface area (Å²) in [5.74, 6) is 0. The molecular formula is C16H13NO2. The van der Waals surface area contributed by atoms with Gasteiger partial charge in [-0.1, -0.05) is 0 Å². The molecule has 0 radical (unpaired) electrons. The van der Waals surface area contributed by atoms with Gasteiger partial charge >= 0.3 is 0 Å². The van der Waals surface area contributed by atoms with Crippen molar-refractivity contribution in [2.45, 2.75) is 13.5 Å². The molecule has 0 aliphatic heterocycles. The number of hydrogen-bond donors (Lipinski definition) is 0. The summed E-state index contributed by atoms with van der Waals surface area (Å²) in [6, 6.07) is 11.3. The highest BCUT2D eigenvalue weighted by molar-refractivity contribution is 6.10. The van der Waals surface area contributed by atoms with E-state index in [1.807, 2.05) is 36.4 Å². The van der Waals surface area contributed by atoms with Crippen molar-refractivity contribution in [3.8, 4) is 0 Å². The van der Waals surface area contributed by atoms with Gasteiger partial charge in [-0.05, 0) is 43.3 Å². The number of hydrogen-bond acceptors (Lipinski definition) is 2. The first kappa shape index (κ1) is 11.7. The molecule has 3 nitrogen and oxygen atoms in total. The molecule has 3 rings (SSSR count). The van der Waals surface area contributed by atoms with Crippen LogP contribution in [0.4, 0.5) is 0 Å². The van der Waals surface area contributed by atoms with Gasteiger partial charge in [0, 0.05) is 39.5 Å². The van der Waals surface area contributed by atoms with Crippen LogP contribution < -0.4 is 0 Å². The van der Waals surface area contributed by atoms with Gasteiger partial charge < -0.3 is 4.57 Å². The van der Waals surface area contributed by atoms with E-state index in [-0.39, 0.29) is 0 Å². The maximum Gasteiger partial charge on any atom is 0.150 e. The summed E-state index contributed by atoms with van der Waals surface area (Å²) in [4.78, 5) is 21.8. The molecule has 0 fully saturated rings. The minimum Gasteiger partial charge on any atom is -0.341 e. The molecule has 3 aromatic rings. The fourth-order valence-corrected chi connectivity index (χ4v) is 2.63. The molecule has 0 N–H and O–H groups in total. The quantitative estimate of drug-likeness (QED) is 0.669. The minimum absolute atomic E-state index is 0.652. The first-order valence-electron chi connectivity index (χ1n) is 6.25. The highest BCUT2D eigenvalue weighted by atomic mass is 16.1. The maximum absolute atomic E-state index is 10.9. The monoisotopic (exact) mass is 251 g/mol. The third-order valence-corrected chi connectivity index (χ3v) is 3.50. The predicted octanol–water partition coefficient (Wildman–Crippen LogP) is 3.44. The third kappa shape index (κ3) is 1.66. The van der Waals surface area contributed by atoms with Crippen LogP contribution in [0.3, 0.4) is 0 Å². The van der Waals surface area contributed by atoms with Crippen LogP contribution in [-0.2, 0) is 6.54 Å². The van der Waals surface area contributed by atoms with E-state index in [9.17, 15) is 9.59 Å². The van der Waals surface area contributed by atoms with Gasteiger partial charge in [0.1, 0.15) is 12.6 Å². The largest absolute Gasteiger partial charge is 0.341 e. The lowest BCUT2D eigenvalue weighted by Crippen LogP contribution is -1.93. The maximum atomic E-state index is 10.9. The first-order chi connectivity index (χ1) is 9.28. The smallest absolute Gasteiger partial charge is 0.150 e. The number of carbonyl (C=O) groups excluding carboxylic acids is 2. The lowest BCUT2D eigenvalue weighted by Gasteiger charge is -2.02. The second kappa shape index (κ2) is 4.35. The van der Waals surface area contributed by atoms with E-state index < -0.39 is 0 Å². The number of benzene rings is 2. The molecule has 94 valence electrons. The van der Waals surface area contributed by atoms with Gasteiger partial charge in [-0.3, -0.25) is 9.59 Å². The van der Waals surface area contributed by atoms with Crippen molar-refractivity contribution in [3.63, 3.8) is 0 Å². The molecule has 0 aliphatic rings. The molecule has 0 spiro atoms. The number of carbonyl (C=O) groups is 2. The Morgan fingerprint density at radius 1 is 0.895 bits per heavy atom.